The third kappa shape index (κ3) is 2.29. The number of amides is 1. The van der Waals surface area contributed by atoms with Gasteiger partial charge in [0.2, 0.25) is 5.89 Å². The van der Waals surface area contributed by atoms with Crippen LogP contribution < -0.4 is 11.5 Å². The first-order valence-corrected chi connectivity index (χ1v) is 4.52. The molecule has 0 radical (unpaired) electrons. The van der Waals surface area contributed by atoms with E-state index in [9.17, 15) is 4.79 Å². The lowest BCUT2D eigenvalue weighted by Gasteiger charge is -2.06. The SMILES string of the molecule is CCCC(CN)c1nc(C(N)=O)no1. The average molecular weight is 198 g/mol. The summed E-state index contributed by atoms with van der Waals surface area (Å²) < 4.78 is 4.89. The van der Waals surface area contributed by atoms with E-state index in [1.807, 2.05) is 6.92 Å². The fraction of sp³-hybridized carbons (Fsp3) is 0.625. The molecular formula is C8H14N4O2. The molecule has 0 aliphatic heterocycles. The standard InChI is InChI=1S/C8H14N4O2/c1-2-3-5(4-9)8-11-7(6(10)13)12-14-8/h5H,2-4,9H2,1H3,(H2,10,13). The van der Waals surface area contributed by atoms with Crippen molar-refractivity contribution in [1.29, 1.82) is 0 Å². The summed E-state index contributed by atoms with van der Waals surface area (Å²) in [6, 6.07) is 0. The number of nitrogens with two attached hydrogens (primary N) is 2. The maximum absolute atomic E-state index is 10.7. The van der Waals surface area contributed by atoms with E-state index in [0.717, 1.165) is 12.8 Å². The lowest BCUT2D eigenvalue weighted by molar-refractivity contribution is 0.0987. The number of nitrogens with zero attached hydrogens (tertiary/aromatic N) is 2. The van der Waals surface area contributed by atoms with E-state index >= 15 is 0 Å². The Labute approximate surface area is 81.6 Å². The summed E-state index contributed by atoms with van der Waals surface area (Å²) >= 11 is 0. The molecule has 1 unspecified atom stereocenters. The first kappa shape index (κ1) is 10.6. The minimum atomic E-state index is -0.688. The molecule has 78 valence electrons. The Balaban J connectivity index is 2.78. The van der Waals surface area contributed by atoms with Crippen LogP contribution in [0.25, 0.3) is 0 Å². The number of hydrogen-bond acceptors (Lipinski definition) is 5. The molecule has 6 heteroatoms. The van der Waals surface area contributed by atoms with Crippen LogP contribution in [0.1, 0.15) is 42.2 Å². The van der Waals surface area contributed by atoms with Gasteiger partial charge in [-0.2, -0.15) is 4.98 Å². The summed E-state index contributed by atoms with van der Waals surface area (Å²) in [4.78, 5) is 14.6. The molecule has 1 rings (SSSR count). The largest absolute Gasteiger partial charge is 0.363 e. The van der Waals surface area contributed by atoms with Crippen molar-refractivity contribution >= 4 is 5.91 Å². The summed E-state index contributed by atoms with van der Waals surface area (Å²) in [5.74, 6) is -0.370. The topological polar surface area (TPSA) is 108 Å². The van der Waals surface area contributed by atoms with Gasteiger partial charge in [-0.15, -0.1) is 0 Å². The Bertz CT molecular complexity index is 310. The van der Waals surface area contributed by atoms with Gasteiger partial charge in [-0.25, -0.2) is 0 Å². The highest BCUT2D eigenvalue weighted by Gasteiger charge is 2.18. The maximum Gasteiger partial charge on any atom is 0.290 e. The van der Waals surface area contributed by atoms with E-state index < -0.39 is 5.91 Å². The molecule has 0 aliphatic carbocycles. The van der Waals surface area contributed by atoms with Gasteiger partial charge in [0.1, 0.15) is 0 Å². The van der Waals surface area contributed by atoms with E-state index in [2.05, 4.69) is 10.1 Å². The number of aromatic nitrogens is 2. The maximum atomic E-state index is 10.7. The van der Waals surface area contributed by atoms with Crippen LogP contribution in [0.5, 0.6) is 0 Å². The Morgan fingerprint density at radius 2 is 2.36 bits per heavy atom. The Hall–Kier alpha value is -1.43. The van der Waals surface area contributed by atoms with Crippen LogP contribution in [-0.2, 0) is 0 Å². The Morgan fingerprint density at radius 3 is 2.79 bits per heavy atom. The number of rotatable bonds is 5. The quantitative estimate of drug-likeness (QED) is 0.692. The molecule has 14 heavy (non-hydrogen) atoms. The van der Waals surface area contributed by atoms with E-state index in [-0.39, 0.29) is 11.7 Å². The lowest BCUT2D eigenvalue weighted by atomic mass is 10.0. The summed E-state index contributed by atoms with van der Waals surface area (Å²) in [6.07, 6.45) is 1.83. The average Bonchev–Trinajstić information content (AvgIpc) is 2.63. The molecule has 1 amide bonds. The van der Waals surface area contributed by atoms with Crippen molar-refractivity contribution in [3.8, 4) is 0 Å². The molecule has 0 bridgehead atoms. The molecule has 1 atom stereocenters. The predicted octanol–water partition coefficient (Wildman–Crippen LogP) is 0.0109. The lowest BCUT2D eigenvalue weighted by Crippen LogP contribution is -2.15. The van der Waals surface area contributed by atoms with Crippen molar-refractivity contribution in [1.82, 2.24) is 10.1 Å². The number of carbonyl (C=O) groups excluding carboxylic acids is 1. The smallest absolute Gasteiger partial charge is 0.290 e. The molecule has 0 saturated heterocycles. The van der Waals surface area contributed by atoms with Crippen molar-refractivity contribution in [2.75, 3.05) is 6.54 Å². The molecule has 0 spiro atoms. The van der Waals surface area contributed by atoms with Gasteiger partial charge in [0.05, 0.1) is 5.92 Å². The fourth-order valence-electron chi connectivity index (χ4n) is 1.19. The van der Waals surface area contributed by atoms with Gasteiger partial charge >= 0.3 is 0 Å². The van der Waals surface area contributed by atoms with Gasteiger partial charge in [0, 0.05) is 6.54 Å². The van der Waals surface area contributed by atoms with Gasteiger partial charge in [-0.1, -0.05) is 18.5 Å². The first-order valence-electron chi connectivity index (χ1n) is 4.52. The van der Waals surface area contributed by atoms with Crippen LogP contribution in [0.4, 0.5) is 0 Å². The van der Waals surface area contributed by atoms with Crippen LogP contribution >= 0.6 is 0 Å². The molecule has 1 heterocycles. The molecular weight excluding hydrogens is 184 g/mol. The van der Waals surface area contributed by atoms with Gasteiger partial charge in [-0.05, 0) is 6.42 Å². The second-order valence-corrected chi connectivity index (χ2v) is 3.04. The predicted molar refractivity (Wildman–Crippen MR) is 49.5 cm³/mol. The zero-order chi connectivity index (χ0) is 10.6. The van der Waals surface area contributed by atoms with Gasteiger partial charge in [0.25, 0.3) is 11.7 Å². The van der Waals surface area contributed by atoms with E-state index in [4.69, 9.17) is 16.0 Å². The number of hydrogen-bond donors (Lipinski definition) is 2. The summed E-state index contributed by atoms with van der Waals surface area (Å²) in [5.41, 5.74) is 10.5. The van der Waals surface area contributed by atoms with Crippen molar-refractivity contribution in [3.63, 3.8) is 0 Å². The zero-order valence-electron chi connectivity index (χ0n) is 8.06. The molecule has 0 aromatic carbocycles. The molecule has 1 aromatic rings. The van der Waals surface area contributed by atoms with Gasteiger partial charge in [0.15, 0.2) is 0 Å². The molecule has 6 nitrogen and oxygen atoms in total. The summed E-state index contributed by atoms with van der Waals surface area (Å²) in [7, 11) is 0. The highest BCUT2D eigenvalue weighted by Crippen LogP contribution is 2.17. The van der Waals surface area contributed by atoms with Crippen molar-refractivity contribution in [2.24, 2.45) is 11.5 Å². The number of primary amides is 1. The second kappa shape index (κ2) is 4.71. The third-order valence-electron chi connectivity index (χ3n) is 1.93. The first-order chi connectivity index (χ1) is 6.69. The molecule has 0 aliphatic rings. The second-order valence-electron chi connectivity index (χ2n) is 3.04. The van der Waals surface area contributed by atoms with Crippen LogP contribution in [0.3, 0.4) is 0 Å². The van der Waals surface area contributed by atoms with Crippen LogP contribution in [0.2, 0.25) is 0 Å². The zero-order valence-corrected chi connectivity index (χ0v) is 8.06. The number of carbonyl (C=O) groups is 1. The van der Waals surface area contributed by atoms with Gasteiger partial charge in [-0.3, -0.25) is 4.79 Å². The Morgan fingerprint density at radius 1 is 1.64 bits per heavy atom. The van der Waals surface area contributed by atoms with Crippen LogP contribution in [0, 0.1) is 0 Å². The van der Waals surface area contributed by atoms with Crippen molar-refractivity contribution in [3.05, 3.63) is 11.7 Å². The van der Waals surface area contributed by atoms with Crippen molar-refractivity contribution in [2.45, 2.75) is 25.7 Å². The van der Waals surface area contributed by atoms with E-state index in [1.165, 1.54) is 0 Å². The Kier molecular flexibility index (Phi) is 3.58. The highest BCUT2D eigenvalue weighted by molar-refractivity contribution is 5.88. The molecule has 4 N–H and O–H groups in total. The normalized spacial score (nSPS) is 12.7. The van der Waals surface area contributed by atoms with Crippen LogP contribution in [0.15, 0.2) is 4.52 Å². The van der Waals surface area contributed by atoms with E-state index in [1.54, 1.807) is 0 Å². The third-order valence-corrected chi connectivity index (χ3v) is 1.93. The fourth-order valence-corrected chi connectivity index (χ4v) is 1.19. The molecule has 1 aromatic heterocycles. The van der Waals surface area contributed by atoms with Crippen molar-refractivity contribution < 1.29 is 9.32 Å². The molecule has 0 saturated carbocycles. The summed E-state index contributed by atoms with van der Waals surface area (Å²) in [5, 5.41) is 3.45. The minimum Gasteiger partial charge on any atom is -0.363 e. The molecule has 0 fully saturated rings. The summed E-state index contributed by atoms with van der Waals surface area (Å²) in [6.45, 7) is 2.46. The highest BCUT2D eigenvalue weighted by atomic mass is 16.5. The monoisotopic (exact) mass is 198 g/mol. The van der Waals surface area contributed by atoms with E-state index in [0.29, 0.717) is 12.4 Å². The van der Waals surface area contributed by atoms with Crippen LogP contribution in [-0.4, -0.2) is 22.6 Å². The van der Waals surface area contributed by atoms with Gasteiger partial charge < -0.3 is 16.0 Å². The minimum absolute atomic E-state index is 0.0144.